The number of hydrogen-bond acceptors (Lipinski definition) is 7. The average Bonchev–Trinajstić information content (AvgIpc) is 3.42. The molecular formula is C31H32N2O5S2. The van der Waals surface area contributed by atoms with Crippen LogP contribution in [-0.4, -0.2) is 71.2 Å². The van der Waals surface area contributed by atoms with Crippen LogP contribution in [0, 0.1) is 0 Å². The van der Waals surface area contributed by atoms with Crippen molar-refractivity contribution in [2.75, 3.05) is 34.4 Å². The van der Waals surface area contributed by atoms with Crippen LogP contribution >= 0.6 is 23.5 Å². The molecule has 7 nitrogen and oxygen atoms in total. The lowest BCUT2D eigenvalue weighted by Crippen LogP contribution is -2.85. The van der Waals surface area contributed by atoms with Crippen LogP contribution in [0.1, 0.15) is 21.3 Å². The first-order valence-corrected chi connectivity index (χ1v) is 14.9. The Bertz CT molecular complexity index is 1390. The fourth-order valence-electron chi connectivity index (χ4n) is 6.24. The van der Waals surface area contributed by atoms with E-state index in [1.165, 1.54) is 0 Å². The Hall–Kier alpha value is -2.98. The third-order valence-corrected chi connectivity index (χ3v) is 12.2. The number of benzene rings is 3. The van der Waals surface area contributed by atoms with E-state index in [0.717, 1.165) is 22.4 Å². The first-order valence-electron chi connectivity index (χ1n) is 13.2. The summed E-state index contributed by atoms with van der Waals surface area (Å²) in [5.41, 5.74) is 1.97. The lowest BCUT2D eigenvalue weighted by Gasteiger charge is -2.61. The predicted molar refractivity (Wildman–Crippen MR) is 157 cm³/mol. The van der Waals surface area contributed by atoms with Crippen molar-refractivity contribution in [2.24, 2.45) is 0 Å². The van der Waals surface area contributed by atoms with E-state index in [0.29, 0.717) is 13.2 Å². The second-order valence-corrected chi connectivity index (χ2v) is 13.4. The quantitative estimate of drug-likeness (QED) is 0.324. The van der Waals surface area contributed by atoms with Crippen molar-refractivity contribution in [3.05, 3.63) is 102 Å². The summed E-state index contributed by atoms with van der Waals surface area (Å²) in [6, 6.07) is 27.7. The van der Waals surface area contributed by atoms with Crippen LogP contribution < -0.4 is 4.74 Å². The molecule has 6 rings (SSSR count). The van der Waals surface area contributed by atoms with Crippen LogP contribution in [-0.2, 0) is 32.3 Å². The van der Waals surface area contributed by atoms with Gasteiger partial charge in [-0.15, -0.1) is 23.5 Å². The predicted octanol–water partition coefficient (Wildman–Crippen LogP) is 4.73. The summed E-state index contributed by atoms with van der Waals surface area (Å²) in [4.78, 5) is 30.7. The average molecular weight is 577 g/mol. The molecule has 3 heterocycles. The molecule has 1 spiro atoms. The summed E-state index contributed by atoms with van der Waals surface area (Å²) in [7, 11) is 5.19. The van der Waals surface area contributed by atoms with Crippen molar-refractivity contribution in [3.8, 4) is 5.75 Å². The van der Waals surface area contributed by atoms with E-state index in [1.54, 1.807) is 54.5 Å². The molecular weight excluding hydrogens is 544 g/mol. The Morgan fingerprint density at radius 3 is 1.88 bits per heavy atom. The van der Waals surface area contributed by atoms with Gasteiger partial charge in [0.25, 0.3) is 5.91 Å². The number of carbonyl (C=O) groups excluding carboxylic acids is 2. The first kappa shape index (κ1) is 27.2. The van der Waals surface area contributed by atoms with E-state index in [2.05, 4.69) is 0 Å². The Morgan fingerprint density at radius 2 is 1.30 bits per heavy atom. The van der Waals surface area contributed by atoms with Gasteiger partial charge in [-0.1, -0.05) is 72.8 Å². The van der Waals surface area contributed by atoms with Gasteiger partial charge < -0.3 is 24.0 Å². The molecule has 0 N–H and O–H groups in total. The molecule has 4 atom stereocenters. The molecule has 3 aromatic rings. The fraction of sp³-hybridized carbons (Fsp3) is 0.355. The van der Waals surface area contributed by atoms with Gasteiger partial charge in [-0.3, -0.25) is 9.59 Å². The summed E-state index contributed by atoms with van der Waals surface area (Å²) in [5, 5.41) is 0. The SMILES string of the molecule is COc1ccc(C2SC34N(C)C(=O)[C@@]3(COCc3ccccc3)N(C)C(=O)[C@]4(COCc3ccccc3)S2)cc1. The smallest absolute Gasteiger partial charge is 0.255 e. The number of thioether (sulfide) groups is 2. The number of hydrogen-bond donors (Lipinski definition) is 0. The minimum absolute atomic E-state index is 0.0899. The summed E-state index contributed by atoms with van der Waals surface area (Å²) >= 11 is 3.25. The standard InChI is InChI=1S/C31H32N2O5S2/c1-32-28(35)30(21-38-19-23-12-8-5-9-13-23)31(40-26(39-30)24-14-16-25(36-3)17-15-24)29(32,27(34)33(31)2)20-37-18-22-10-6-4-7-11-22/h4-17,26H,18-21H2,1-3H3/t26?,29-,30+,31?/m1/s1. The number of methoxy groups -OCH3 is 1. The van der Waals surface area contributed by atoms with Crippen molar-refractivity contribution in [1.29, 1.82) is 0 Å². The minimum atomic E-state index is -1.14. The van der Waals surface area contributed by atoms with Gasteiger partial charge in [0.05, 0.1) is 38.1 Å². The number of rotatable bonds is 10. The topological polar surface area (TPSA) is 68.3 Å². The van der Waals surface area contributed by atoms with Gasteiger partial charge in [-0.05, 0) is 28.8 Å². The molecule has 3 fully saturated rings. The van der Waals surface area contributed by atoms with E-state index in [-0.39, 0.29) is 29.6 Å². The number of ether oxygens (including phenoxy) is 3. The highest BCUT2D eigenvalue weighted by atomic mass is 32.2. The molecule has 0 radical (unpaired) electrons. The van der Waals surface area contributed by atoms with Crippen molar-refractivity contribution in [2.45, 2.75) is 33.0 Å². The van der Waals surface area contributed by atoms with Crippen LogP contribution in [0.25, 0.3) is 0 Å². The lowest BCUT2D eigenvalue weighted by molar-refractivity contribution is -0.179. The highest BCUT2D eigenvalue weighted by Gasteiger charge is 2.90. The van der Waals surface area contributed by atoms with Gasteiger partial charge in [-0.25, -0.2) is 0 Å². The lowest BCUT2D eigenvalue weighted by atomic mass is 9.75. The maximum atomic E-state index is 14.4. The normalized spacial score (nSPS) is 28.8. The Morgan fingerprint density at radius 1 is 0.725 bits per heavy atom. The molecule has 2 amide bonds. The van der Waals surface area contributed by atoms with E-state index < -0.39 is 15.2 Å². The summed E-state index contributed by atoms with van der Waals surface area (Å²) in [5.74, 6) is 0.561. The number of β-lactam (4-membered cyclic amide) rings is 1. The maximum absolute atomic E-state index is 14.4. The van der Waals surface area contributed by atoms with Crippen molar-refractivity contribution < 1.29 is 23.8 Å². The molecule has 0 bridgehead atoms. The molecule has 9 heteroatoms. The Kier molecular flexibility index (Phi) is 7.11. The van der Waals surface area contributed by atoms with Crippen molar-refractivity contribution in [1.82, 2.24) is 9.80 Å². The van der Waals surface area contributed by atoms with Crippen LogP contribution in [0.5, 0.6) is 5.75 Å². The Labute approximate surface area is 243 Å². The minimum Gasteiger partial charge on any atom is -0.497 e. The monoisotopic (exact) mass is 576 g/mol. The van der Waals surface area contributed by atoms with E-state index in [1.807, 2.05) is 84.9 Å². The molecule has 40 heavy (non-hydrogen) atoms. The number of nitrogens with zero attached hydrogens (tertiary/aromatic N) is 2. The second kappa shape index (κ2) is 10.4. The van der Waals surface area contributed by atoms with Crippen molar-refractivity contribution in [3.63, 3.8) is 0 Å². The van der Waals surface area contributed by atoms with E-state index in [4.69, 9.17) is 14.2 Å². The van der Waals surface area contributed by atoms with Gasteiger partial charge in [0.15, 0.2) is 15.2 Å². The number of likely N-dealkylation sites (N-methyl/N-ethyl adjacent to an activating group) is 2. The zero-order valence-electron chi connectivity index (χ0n) is 22.7. The molecule has 208 valence electrons. The van der Waals surface area contributed by atoms with Gasteiger partial charge in [0.1, 0.15) is 5.75 Å². The molecule has 3 aliphatic rings. The van der Waals surface area contributed by atoms with Crippen molar-refractivity contribution >= 4 is 35.3 Å². The molecule has 3 saturated heterocycles. The van der Waals surface area contributed by atoms with Gasteiger partial charge in [0.2, 0.25) is 5.91 Å². The zero-order chi connectivity index (χ0) is 28.0. The van der Waals surface area contributed by atoms with Crippen LogP contribution in [0.2, 0.25) is 0 Å². The summed E-state index contributed by atoms with van der Waals surface area (Å²) in [6.45, 7) is 1.02. The highest BCUT2D eigenvalue weighted by Crippen LogP contribution is 2.76. The summed E-state index contributed by atoms with van der Waals surface area (Å²) < 4.78 is 16.8. The third kappa shape index (κ3) is 3.82. The van der Waals surface area contributed by atoms with Gasteiger partial charge in [-0.2, -0.15) is 0 Å². The largest absolute Gasteiger partial charge is 0.497 e. The molecule has 2 unspecified atom stereocenters. The zero-order valence-corrected chi connectivity index (χ0v) is 24.4. The second-order valence-electron chi connectivity index (χ2n) is 10.4. The maximum Gasteiger partial charge on any atom is 0.255 e. The van der Waals surface area contributed by atoms with Crippen LogP contribution in [0.4, 0.5) is 0 Å². The number of carbonyl (C=O) groups is 2. The Balaban J connectivity index is 1.36. The number of likely N-dealkylation sites (tertiary alicyclic amines) is 2. The van der Waals surface area contributed by atoms with E-state index >= 15 is 0 Å². The third-order valence-electron chi connectivity index (χ3n) is 8.27. The van der Waals surface area contributed by atoms with Gasteiger partial charge >= 0.3 is 0 Å². The van der Waals surface area contributed by atoms with Crippen LogP contribution in [0.15, 0.2) is 84.9 Å². The molecule has 0 saturated carbocycles. The van der Waals surface area contributed by atoms with Crippen LogP contribution in [0.3, 0.4) is 0 Å². The summed E-state index contributed by atoms with van der Waals surface area (Å²) in [6.07, 6.45) is 0. The number of amides is 2. The highest BCUT2D eigenvalue weighted by molar-refractivity contribution is 8.21. The van der Waals surface area contributed by atoms with Gasteiger partial charge in [0, 0.05) is 14.1 Å². The molecule has 3 aromatic carbocycles. The molecule has 3 aliphatic heterocycles. The van der Waals surface area contributed by atoms with E-state index in [9.17, 15) is 9.59 Å². The first-order chi connectivity index (χ1) is 19.4. The molecule has 0 aliphatic carbocycles. The molecule has 0 aromatic heterocycles. The fourth-order valence-corrected chi connectivity index (χ4v) is 10.8.